The van der Waals surface area contributed by atoms with Gasteiger partial charge < -0.3 is 5.32 Å². The Morgan fingerprint density at radius 2 is 1.88 bits per heavy atom. The first kappa shape index (κ1) is 10.7. The number of guanidine groups is 1. The summed E-state index contributed by atoms with van der Waals surface area (Å²) in [6, 6.07) is 7.91. The van der Waals surface area contributed by atoms with Crippen molar-refractivity contribution in [3.8, 4) is 0 Å². The zero-order chi connectivity index (χ0) is 11.8. The number of hydrogen-bond acceptors (Lipinski definition) is 2. The largest absolute Gasteiger partial charge is 0.338 e. The number of carbonyl (C=O) groups is 1. The molecule has 4 nitrogen and oxygen atoms in total. The minimum atomic E-state index is -0.720. The smallest absolute Gasteiger partial charge is 0.256 e. The van der Waals surface area contributed by atoms with Gasteiger partial charge in [0.15, 0.2) is 5.96 Å². The van der Waals surface area contributed by atoms with Gasteiger partial charge >= 0.3 is 0 Å². The second-order valence-corrected chi connectivity index (χ2v) is 4.14. The van der Waals surface area contributed by atoms with E-state index in [9.17, 15) is 4.79 Å². The van der Waals surface area contributed by atoms with Crippen molar-refractivity contribution in [3.05, 3.63) is 35.4 Å². The number of amides is 1. The van der Waals surface area contributed by atoms with Crippen molar-refractivity contribution < 1.29 is 4.79 Å². The van der Waals surface area contributed by atoms with Gasteiger partial charge in [-0.2, -0.15) is 0 Å². The molecule has 0 aromatic heterocycles. The van der Waals surface area contributed by atoms with Crippen molar-refractivity contribution in [2.24, 2.45) is 4.99 Å². The van der Waals surface area contributed by atoms with Gasteiger partial charge in [-0.25, -0.2) is 0 Å². The standard InChI is InChI=1S/C12H15N3O/c1-8-4-6-9(7-5-8)12(2)10(16)14-11(13-3)15-12/h4-7H,1-3H3,(H2,13,14,15,16). The Bertz CT molecular complexity index is 450. The van der Waals surface area contributed by atoms with Crippen molar-refractivity contribution in [3.63, 3.8) is 0 Å². The van der Waals surface area contributed by atoms with Crippen molar-refractivity contribution in [2.75, 3.05) is 7.05 Å². The fraction of sp³-hybridized carbons (Fsp3) is 0.333. The molecule has 0 aliphatic carbocycles. The highest BCUT2D eigenvalue weighted by Gasteiger charge is 2.41. The molecular weight excluding hydrogens is 202 g/mol. The average Bonchev–Trinajstić information content (AvgIpc) is 2.57. The van der Waals surface area contributed by atoms with E-state index >= 15 is 0 Å². The molecule has 0 spiro atoms. The van der Waals surface area contributed by atoms with E-state index in [0.29, 0.717) is 5.96 Å². The maximum Gasteiger partial charge on any atom is 0.256 e. The highest BCUT2D eigenvalue weighted by molar-refractivity contribution is 6.09. The van der Waals surface area contributed by atoms with Gasteiger partial charge in [-0.3, -0.25) is 15.1 Å². The number of nitrogens with zero attached hydrogens (tertiary/aromatic N) is 1. The summed E-state index contributed by atoms with van der Waals surface area (Å²) in [5, 5.41) is 5.80. The molecule has 1 unspecified atom stereocenters. The average molecular weight is 217 g/mol. The number of benzene rings is 1. The van der Waals surface area contributed by atoms with Crippen LogP contribution in [0.25, 0.3) is 0 Å². The summed E-state index contributed by atoms with van der Waals surface area (Å²) in [5.41, 5.74) is 1.40. The van der Waals surface area contributed by atoms with Crippen LogP contribution in [0.5, 0.6) is 0 Å². The van der Waals surface area contributed by atoms with E-state index in [1.54, 1.807) is 7.05 Å². The Morgan fingerprint density at radius 3 is 2.38 bits per heavy atom. The maximum atomic E-state index is 11.9. The molecule has 1 amide bonds. The molecule has 1 atom stereocenters. The van der Waals surface area contributed by atoms with E-state index in [1.807, 2.05) is 38.1 Å². The lowest BCUT2D eigenvalue weighted by Crippen LogP contribution is -2.40. The van der Waals surface area contributed by atoms with Gasteiger partial charge in [-0.05, 0) is 19.4 Å². The van der Waals surface area contributed by atoms with Crippen molar-refractivity contribution in [1.29, 1.82) is 0 Å². The van der Waals surface area contributed by atoms with E-state index in [4.69, 9.17) is 0 Å². The van der Waals surface area contributed by atoms with Crippen LogP contribution in [0, 0.1) is 6.92 Å². The van der Waals surface area contributed by atoms with Gasteiger partial charge in [0.05, 0.1) is 0 Å². The summed E-state index contributed by atoms with van der Waals surface area (Å²) in [4.78, 5) is 15.8. The van der Waals surface area contributed by atoms with Crippen LogP contribution in [0.2, 0.25) is 0 Å². The van der Waals surface area contributed by atoms with Crippen LogP contribution in [0.15, 0.2) is 29.3 Å². The summed E-state index contributed by atoms with van der Waals surface area (Å²) in [6.07, 6.45) is 0. The van der Waals surface area contributed by atoms with E-state index in [2.05, 4.69) is 15.6 Å². The Morgan fingerprint density at radius 1 is 1.25 bits per heavy atom. The number of hydrogen-bond donors (Lipinski definition) is 2. The lowest BCUT2D eigenvalue weighted by atomic mass is 9.92. The van der Waals surface area contributed by atoms with E-state index in [-0.39, 0.29) is 5.91 Å². The zero-order valence-electron chi connectivity index (χ0n) is 9.66. The van der Waals surface area contributed by atoms with Crippen LogP contribution in [-0.4, -0.2) is 18.9 Å². The van der Waals surface area contributed by atoms with Gasteiger partial charge in [0.25, 0.3) is 5.91 Å². The molecule has 0 radical (unpaired) electrons. The lowest BCUT2D eigenvalue weighted by Gasteiger charge is -2.21. The molecule has 0 bridgehead atoms. The van der Waals surface area contributed by atoms with Crippen molar-refractivity contribution in [2.45, 2.75) is 19.4 Å². The van der Waals surface area contributed by atoms with Gasteiger partial charge in [-0.15, -0.1) is 0 Å². The highest BCUT2D eigenvalue weighted by atomic mass is 16.2. The third kappa shape index (κ3) is 1.56. The normalized spacial score (nSPS) is 26.7. The SMILES string of the molecule is CN=C1NC(=O)C(C)(c2ccc(C)cc2)N1. The molecule has 16 heavy (non-hydrogen) atoms. The van der Waals surface area contributed by atoms with Crippen molar-refractivity contribution in [1.82, 2.24) is 10.6 Å². The van der Waals surface area contributed by atoms with Gasteiger partial charge in [0, 0.05) is 7.05 Å². The fourth-order valence-electron chi connectivity index (χ4n) is 1.76. The molecule has 2 rings (SSSR count). The summed E-state index contributed by atoms with van der Waals surface area (Å²) in [7, 11) is 1.64. The van der Waals surface area contributed by atoms with E-state index < -0.39 is 5.54 Å². The second-order valence-electron chi connectivity index (χ2n) is 4.14. The Kier molecular flexibility index (Phi) is 2.42. The first-order chi connectivity index (χ1) is 7.56. The monoisotopic (exact) mass is 217 g/mol. The molecule has 2 N–H and O–H groups in total. The Hall–Kier alpha value is -1.84. The van der Waals surface area contributed by atoms with Gasteiger partial charge in [0.1, 0.15) is 5.54 Å². The first-order valence-corrected chi connectivity index (χ1v) is 5.20. The summed E-state index contributed by atoms with van der Waals surface area (Å²) < 4.78 is 0. The summed E-state index contributed by atoms with van der Waals surface area (Å²) >= 11 is 0. The molecule has 1 saturated heterocycles. The Labute approximate surface area is 94.8 Å². The predicted molar refractivity (Wildman–Crippen MR) is 63.2 cm³/mol. The zero-order valence-corrected chi connectivity index (χ0v) is 9.66. The molecule has 0 saturated carbocycles. The maximum absolute atomic E-state index is 11.9. The van der Waals surface area contributed by atoms with Crippen LogP contribution in [0.1, 0.15) is 18.1 Å². The van der Waals surface area contributed by atoms with E-state index in [1.165, 1.54) is 5.56 Å². The van der Waals surface area contributed by atoms with Crippen LogP contribution >= 0.6 is 0 Å². The molecule has 1 aliphatic rings. The molecule has 1 heterocycles. The topological polar surface area (TPSA) is 53.5 Å². The summed E-state index contributed by atoms with van der Waals surface area (Å²) in [6.45, 7) is 3.87. The highest BCUT2D eigenvalue weighted by Crippen LogP contribution is 2.24. The molecule has 1 aromatic rings. The molecule has 1 aromatic carbocycles. The fourth-order valence-corrected chi connectivity index (χ4v) is 1.76. The van der Waals surface area contributed by atoms with E-state index in [0.717, 1.165) is 5.56 Å². The van der Waals surface area contributed by atoms with Crippen LogP contribution < -0.4 is 10.6 Å². The first-order valence-electron chi connectivity index (χ1n) is 5.20. The minimum Gasteiger partial charge on any atom is -0.338 e. The molecule has 4 heteroatoms. The lowest BCUT2D eigenvalue weighted by molar-refractivity contribution is -0.123. The van der Waals surface area contributed by atoms with Gasteiger partial charge in [0.2, 0.25) is 0 Å². The van der Waals surface area contributed by atoms with Gasteiger partial charge in [-0.1, -0.05) is 29.8 Å². The quantitative estimate of drug-likeness (QED) is 0.734. The predicted octanol–water partition coefficient (Wildman–Crippen LogP) is 0.915. The molecular formula is C12H15N3O. The molecule has 1 aliphatic heterocycles. The Balaban J connectivity index is 2.39. The number of aryl methyl sites for hydroxylation is 1. The third-order valence-electron chi connectivity index (χ3n) is 2.91. The third-order valence-corrected chi connectivity index (χ3v) is 2.91. The van der Waals surface area contributed by atoms with Crippen LogP contribution in [0.3, 0.4) is 0 Å². The number of rotatable bonds is 1. The van der Waals surface area contributed by atoms with Crippen LogP contribution in [-0.2, 0) is 10.3 Å². The number of nitrogens with one attached hydrogen (secondary N) is 2. The summed E-state index contributed by atoms with van der Waals surface area (Å²) in [5.74, 6) is 0.449. The number of carbonyl (C=O) groups excluding carboxylic acids is 1. The van der Waals surface area contributed by atoms with Crippen LogP contribution in [0.4, 0.5) is 0 Å². The molecule has 84 valence electrons. The molecule has 1 fully saturated rings. The number of aliphatic imine (C=N–C) groups is 1. The second kappa shape index (κ2) is 3.63. The van der Waals surface area contributed by atoms with Crippen molar-refractivity contribution >= 4 is 11.9 Å². The minimum absolute atomic E-state index is 0.0723.